The van der Waals surface area contributed by atoms with Crippen molar-refractivity contribution < 1.29 is 13.7 Å². The van der Waals surface area contributed by atoms with Crippen molar-refractivity contribution in [1.29, 1.82) is 0 Å². The maximum Gasteiger partial charge on any atom is 0.324 e. The average molecular weight is 510 g/mol. The molecule has 9 nitrogen and oxygen atoms in total. The van der Waals surface area contributed by atoms with Gasteiger partial charge in [0.1, 0.15) is 5.82 Å². The zero-order chi connectivity index (χ0) is 26.1. The topological polar surface area (TPSA) is 106 Å². The third-order valence-electron chi connectivity index (χ3n) is 7.56. The smallest absolute Gasteiger partial charge is 0.324 e. The highest BCUT2D eigenvalue weighted by Gasteiger charge is 2.34. The highest BCUT2D eigenvalue weighted by molar-refractivity contribution is 5.39. The molecule has 0 aliphatic carbocycles. The summed E-state index contributed by atoms with van der Waals surface area (Å²) >= 11 is 0. The summed E-state index contributed by atoms with van der Waals surface area (Å²) in [6.07, 6.45) is 5.40. The number of anilines is 2. The number of piperidine rings is 1. The molecule has 2 aliphatic heterocycles. The molecule has 2 aliphatic rings. The molecule has 198 valence electrons. The molecule has 0 saturated carbocycles. The number of nitrogens with two attached hydrogens (primary N) is 1. The molecular formula is C27H36FN7O2. The molecule has 37 heavy (non-hydrogen) atoms. The molecule has 2 aromatic heterocycles. The predicted octanol–water partition coefficient (Wildman–Crippen LogP) is 4.05. The fraction of sp³-hybridized carbons (Fsp3) is 0.556. The summed E-state index contributed by atoms with van der Waals surface area (Å²) in [5.74, 6) is 2.30. The van der Waals surface area contributed by atoms with Crippen LogP contribution >= 0.6 is 0 Å². The molecule has 0 spiro atoms. The van der Waals surface area contributed by atoms with Crippen LogP contribution in [0.1, 0.15) is 62.4 Å². The first-order valence-electron chi connectivity index (χ1n) is 13.1. The van der Waals surface area contributed by atoms with Gasteiger partial charge in [-0.3, -0.25) is 0 Å². The number of aromatic nitrogens is 4. The van der Waals surface area contributed by atoms with Gasteiger partial charge in [-0.1, -0.05) is 36.7 Å². The molecule has 3 aromatic rings. The third kappa shape index (κ3) is 5.53. The van der Waals surface area contributed by atoms with Gasteiger partial charge in [-0.15, -0.1) is 0 Å². The fourth-order valence-corrected chi connectivity index (χ4v) is 5.26. The number of rotatable bonds is 7. The van der Waals surface area contributed by atoms with Gasteiger partial charge in [-0.2, -0.15) is 4.98 Å². The third-order valence-corrected chi connectivity index (χ3v) is 7.56. The number of hydrogen-bond acceptors (Lipinski definition) is 9. The van der Waals surface area contributed by atoms with Gasteiger partial charge in [0, 0.05) is 44.1 Å². The Hall–Kier alpha value is -3.27. The Kier molecular flexibility index (Phi) is 7.28. The van der Waals surface area contributed by atoms with E-state index < -0.39 is 0 Å². The van der Waals surface area contributed by atoms with Crippen LogP contribution < -0.4 is 20.3 Å². The van der Waals surface area contributed by atoms with Crippen LogP contribution in [0.2, 0.25) is 0 Å². The van der Waals surface area contributed by atoms with Crippen molar-refractivity contribution in [1.82, 2.24) is 20.1 Å². The Morgan fingerprint density at radius 2 is 1.81 bits per heavy atom. The van der Waals surface area contributed by atoms with E-state index >= 15 is 0 Å². The van der Waals surface area contributed by atoms with Crippen molar-refractivity contribution in [3.8, 4) is 5.75 Å². The van der Waals surface area contributed by atoms with E-state index in [1.54, 1.807) is 18.5 Å². The van der Waals surface area contributed by atoms with Crippen molar-refractivity contribution in [2.45, 2.75) is 64.5 Å². The molecule has 3 atom stereocenters. The van der Waals surface area contributed by atoms with Crippen molar-refractivity contribution >= 4 is 12.0 Å². The van der Waals surface area contributed by atoms with Crippen molar-refractivity contribution in [3.63, 3.8) is 0 Å². The number of benzene rings is 1. The number of ether oxygens (including phenoxy) is 1. The van der Waals surface area contributed by atoms with E-state index in [4.69, 9.17) is 15.0 Å². The lowest BCUT2D eigenvalue weighted by Crippen LogP contribution is -2.38. The van der Waals surface area contributed by atoms with E-state index in [2.05, 4.69) is 45.8 Å². The Morgan fingerprint density at radius 1 is 1.08 bits per heavy atom. The second-order valence-electron chi connectivity index (χ2n) is 10.7. The van der Waals surface area contributed by atoms with E-state index in [0.29, 0.717) is 42.3 Å². The molecule has 2 saturated heterocycles. The minimum atomic E-state index is -0.213. The molecule has 4 heterocycles. The molecule has 1 unspecified atom stereocenters. The zero-order valence-corrected chi connectivity index (χ0v) is 22.0. The van der Waals surface area contributed by atoms with E-state index in [1.165, 1.54) is 6.07 Å². The summed E-state index contributed by atoms with van der Waals surface area (Å²) in [6.45, 7) is 11.0. The Labute approximate surface area is 217 Å². The SMILES string of the molecule is Cc1ccc(F)c([C@H]2CN(c3ncc(O[C@@H](C)C4CCN(c5nc(C(C)C)no5)CC4)cn3)CC2N)c1. The molecular weight excluding hydrogens is 473 g/mol. The second kappa shape index (κ2) is 10.6. The monoisotopic (exact) mass is 509 g/mol. The number of nitrogens with zero attached hydrogens (tertiary/aromatic N) is 6. The van der Waals surface area contributed by atoms with Crippen LogP contribution in [0.3, 0.4) is 0 Å². The molecule has 0 radical (unpaired) electrons. The second-order valence-corrected chi connectivity index (χ2v) is 10.7. The lowest BCUT2D eigenvalue weighted by Gasteiger charge is -2.33. The highest BCUT2D eigenvalue weighted by Crippen LogP contribution is 2.32. The summed E-state index contributed by atoms with van der Waals surface area (Å²) in [5, 5.41) is 4.07. The molecule has 0 bridgehead atoms. The van der Waals surface area contributed by atoms with Gasteiger partial charge in [0.25, 0.3) is 0 Å². The standard InChI is InChI=1S/C27H36FN7O2/c1-16(2)25-32-27(37-33-25)34-9-7-19(8-10-34)18(4)36-20-12-30-26(31-13-20)35-14-22(24(29)15-35)21-11-17(3)5-6-23(21)28/h5-6,11-13,16,18-19,22,24H,7-10,14-15,29H2,1-4H3/t18-,22+,24?/m0/s1. The van der Waals surface area contributed by atoms with Crippen LogP contribution in [0.25, 0.3) is 0 Å². The molecule has 2 fully saturated rings. The van der Waals surface area contributed by atoms with Crippen LogP contribution in [-0.4, -0.2) is 58.4 Å². The average Bonchev–Trinajstić information content (AvgIpc) is 3.54. The summed E-state index contributed by atoms with van der Waals surface area (Å²) in [7, 11) is 0. The summed E-state index contributed by atoms with van der Waals surface area (Å²) in [4.78, 5) is 17.8. The van der Waals surface area contributed by atoms with E-state index in [0.717, 1.165) is 37.3 Å². The molecule has 0 amide bonds. The first kappa shape index (κ1) is 25.4. The molecule has 5 rings (SSSR count). The lowest BCUT2D eigenvalue weighted by atomic mass is 9.92. The number of aryl methyl sites for hydroxylation is 1. The van der Waals surface area contributed by atoms with E-state index in [-0.39, 0.29) is 29.8 Å². The highest BCUT2D eigenvalue weighted by atomic mass is 19.1. The Balaban J connectivity index is 1.15. The normalized spacial score (nSPS) is 21.6. The summed E-state index contributed by atoms with van der Waals surface area (Å²) in [6, 6.07) is 5.60. The van der Waals surface area contributed by atoms with E-state index in [1.807, 2.05) is 17.9 Å². The van der Waals surface area contributed by atoms with Gasteiger partial charge in [-0.25, -0.2) is 14.4 Å². The molecule has 10 heteroatoms. The molecule has 2 N–H and O–H groups in total. The van der Waals surface area contributed by atoms with Crippen LogP contribution in [0, 0.1) is 18.7 Å². The number of hydrogen-bond donors (Lipinski definition) is 1. The van der Waals surface area contributed by atoms with Gasteiger partial charge in [0.05, 0.1) is 18.5 Å². The Morgan fingerprint density at radius 3 is 2.49 bits per heavy atom. The minimum Gasteiger partial charge on any atom is -0.487 e. The zero-order valence-electron chi connectivity index (χ0n) is 22.0. The number of halogens is 1. The van der Waals surface area contributed by atoms with Crippen LogP contribution in [0.15, 0.2) is 35.1 Å². The quantitative estimate of drug-likeness (QED) is 0.505. The van der Waals surface area contributed by atoms with Gasteiger partial charge >= 0.3 is 6.01 Å². The predicted molar refractivity (Wildman–Crippen MR) is 140 cm³/mol. The minimum absolute atomic E-state index is 0.0272. The van der Waals surface area contributed by atoms with Gasteiger partial charge < -0.3 is 24.8 Å². The van der Waals surface area contributed by atoms with Gasteiger partial charge in [0.2, 0.25) is 5.95 Å². The van der Waals surface area contributed by atoms with Crippen LogP contribution in [0.4, 0.5) is 16.4 Å². The first-order valence-corrected chi connectivity index (χ1v) is 13.1. The Bertz CT molecular complexity index is 1190. The largest absolute Gasteiger partial charge is 0.487 e. The summed E-state index contributed by atoms with van der Waals surface area (Å²) < 4.78 is 26.1. The van der Waals surface area contributed by atoms with E-state index in [9.17, 15) is 4.39 Å². The maximum absolute atomic E-state index is 14.5. The summed E-state index contributed by atoms with van der Waals surface area (Å²) in [5.41, 5.74) is 8.08. The fourth-order valence-electron chi connectivity index (χ4n) is 5.26. The first-order chi connectivity index (χ1) is 17.8. The lowest BCUT2D eigenvalue weighted by molar-refractivity contribution is 0.131. The van der Waals surface area contributed by atoms with Crippen molar-refractivity contribution in [3.05, 3.63) is 53.4 Å². The van der Waals surface area contributed by atoms with Crippen LogP contribution in [-0.2, 0) is 0 Å². The van der Waals surface area contributed by atoms with Crippen molar-refractivity contribution in [2.24, 2.45) is 11.7 Å². The van der Waals surface area contributed by atoms with Gasteiger partial charge in [-0.05, 0) is 44.2 Å². The van der Waals surface area contributed by atoms with Crippen LogP contribution in [0.5, 0.6) is 5.75 Å². The van der Waals surface area contributed by atoms with Gasteiger partial charge in [0.15, 0.2) is 11.6 Å². The molecule has 1 aromatic carbocycles. The maximum atomic E-state index is 14.5. The van der Waals surface area contributed by atoms with Crippen molar-refractivity contribution in [2.75, 3.05) is 36.0 Å².